The number of ether oxygens (including phenoxy) is 2. The average Bonchev–Trinajstić information content (AvgIpc) is 3.49. The van der Waals surface area contributed by atoms with Crippen LogP contribution in [-0.4, -0.2) is 70.3 Å². The second kappa shape index (κ2) is 11.6. The Bertz CT molecular complexity index is 1130. The zero-order chi connectivity index (χ0) is 30.3. The minimum Gasteiger partial charge on any atom is -0.494 e. The van der Waals surface area contributed by atoms with Gasteiger partial charge in [0.2, 0.25) is 17.7 Å². The Labute approximate surface area is 244 Å². The fourth-order valence-corrected chi connectivity index (χ4v) is 7.70. The number of likely N-dealkylation sites (tertiary alicyclic amines) is 1. The molecule has 2 bridgehead atoms. The van der Waals surface area contributed by atoms with E-state index in [-0.39, 0.29) is 35.7 Å². The van der Waals surface area contributed by atoms with E-state index in [0.717, 1.165) is 6.42 Å². The van der Waals surface area contributed by atoms with Crippen molar-refractivity contribution >= 4 is 23.4 Å². The van der Waals surface area contributed by atoms with Gasteiger partial charge < -0.3 is 30.1 Å². The summed E-state index contributed by atoms with van der Waals surface area (Å²) >= 11 is 0. The Kier molecular flexibility index (Phi) is 8.82. The van der Waals surface area contributed by atoms with Crippen molar-refractivity contribution in [2.75, 3.05) is 18.5 Å². The first-order chi connectivity index (χ1) is 19.1. The predicted molar refractivity (Wildman–Crippen MR) is 157 cm³/mol. The lowest BCUT2D eigenvalue weighted by Gasteiger charge is -2.40. The van der Waals surface area contributed by atoms with Crippen molar-refractivity contribution in [1.29, 1.82) is 0 Å². The lowest BCUT2D eigenvalue weighted by atomic mass is 9.70. The molecule has 3 aliphatic rings. The maximum Gasteiger partial charge on any atom is 0.246 e. The number of carbonyl (C=O) groups excluding carboxylic acids is 3. The summed E-state index contributed by atoms with van der Waals surface area (Å²) in [5.41, 5.74) is -1.08. The van der Waals surface area contributed by atoms with Crippen molar-refractivity contribution in [2.45, 2.75) is 110 Å². The van der Waals surface area contributed by atoms with Crippen LogP contribution < -0.4 is 15.4 Å². The van der Waals surface area contributed by atoms with E-state index in [1.54, 1.807) is 29.2 Å². The first kappa shape index (κ1) is 31.3. The first-order valence-electron chi connectivity index (χ1n) is 15.1. The number of nitrogens with zero attached hydrogens (tertiary/aromatic N) is 1. The number of benzene rings is 1. The summed E-state index contributed by atoms with van der Waals surface area (Å²) in [6.45, 7) is 16.6. The van der Waals surface area contributed by atoms with Crippen LogP contribution in [0.5, 0.6) is 5.75 Å². The number of fused-ring (bicyclic) bond motifs is 1. The molecule has 41 heavy (non-hydrogen) atoms. The quantitative estimate of drug-likeness (QED) is 0.368. The molecule has 1 aromatic rings. The highest BCUT2D eigenvalue weighted by Gasteiger charge is 2.75. The third-order valence-corrected chi connectivity index (χ3v) is 8.50. The van der Waals surface area contributed by atoms with Crippen LogP contribution in [0.3, 0.4) is 0 Å². The van der Waals surface area contributed by atoms with Crippen LogP contribution >= 0.6 is 0 Å². The van der Waals surface area contributed by atoms with Gasteiger partial charge in [-0.3, -0.25) is 14.4 Å². The van der Waals surface area contributed by atoms with Gasteiger partial charge in [-0.1, -0.05) is 34.6 Å². The number of amides is 3. The van der Waals surface area contributed by atoms with Crippen molar-refractivity contribution in [2.24, 2.45) is 23.2 Å². The number of hydrogen-bond donors (Lipinski definition) is 3. The number of hydrogen-bond acceptors (Lipinski definition) is 6. The molecule has 228 valence electrons. The van der Waals surface area contributed by atoms with Gasteiger partial charge in [-0.25, -0.2) is 0 Å². The van der Waals surface area contributed by atoms with Crippen molar-refractivity contribution in [1.82, 2.24) is 10.2 Å². The van der Waals surface area contributed by atoms with Crippen molar-refractivity contribution in [3.63, 3.8) is 0 Å². The lowest BCUT2D eigenvalue weighted by molar-refractivity contribution is -0.146. The smallest absolute Gasteiger partial charge is 0.246 e. The van der Waals surface area contributed by atoms with Crippen molar-refractivity contribution in [3.05, 3.63) is 24.3 Å². The molecule has 4 rings (SSSR count). The largest absolute Gasteiger partial charge is 0.494 e. The second-order valence-corrected chi connectivity index (χ2v) is 14.3. The number of anilines is 1. The van der Waals surface area contributed by atoms with Gasteiger partial charge in [0.25, 0.3) is 0 Å². The molecule has 6 atom stereocenters. The normalized spacial score (nSPS) is 28.1. The van der Waals surface area contributed by atoms with Gasteiger partial charge in [0, 0.05) is 11.2 Å². The topological polar surface area (TPSA) is 117 Å². The molecule has 3 aliphatic heterocycles. The van der Waals surface area contributed by atoms with Crippen LogP contribution in [0.2, 0.25) is 0 Å². The summed E-state index contributed by atoms with van der Waals surface area (Å²) in [4.78, 5) is 43.8. The van der Waals surface area contributed by atoms with Crippen molar-refractivity contribution in [3.8, 4) is 5.75 Å². The SMILES string of the molecule is CCOc1ccc(NC(=O)[C@@H]2[C@@H]3CCC4(O3)C(C(=O)NC(C)(C)CC(C)(C)C)N([C@@H](CO)CC(C)C)C(=O)[C@H]24)cc1. The van der Waals surface area contributed by atoms with Gasteiger partial charge in [-0.15, -0.1) is 0 Å². The fraction of sp³-hybridized carbons (Fsp3) is 0.719. The van der Waals surface area contributed by atoms with Gasteiger partial charge in [0.05, 0.1) is 37.2 Å². The summed E-state index contributed by atoms with van der Waals surface area (Å²) in [6, 6.07) is 5.64. The van der Waals surface area contributed by atoms with Crippen LogP contribution in [0.25, 0.3) is 0 Å². The molecule has 0 aliphatic carbocycles. The Hall–Kier alpha value is -2.65. The maximum absolute atomic E-state index is 14.3. The van der Waals surface area contributed by atoms with Gasteiger partial charge in [-0.05, 0) is 82.1 Å². The molecule has 3 amide bonds. The van der Waals surface area contributed by atoms with Crippen molar-refractivity contribution < 1.29 is 29.0 Å². The fourth-order valence-electron chi connectivity index (χ4n) is 7.70. The van der Waals surface area contributed by atoms with E-state index in [4.69, 9.17) is 9.47 Å². The van der Waals surface area contributed by atoms with Gasteiger partial charge in [-0.2, -0.15) is 0 Å². The van der Waals surface area contributed by atoms with E-state index in [1.165, 1.54) is 0 Å². The standard InChI is InChI=1S/C32H49N3O6/c1-9-40-22-12-10-20(11-13-22)33-27(37)24-23-14-15-32(41-23)25(24)29(39)35(21(17-36)16-19(2)3)26(32)28(38)34-31(7,8)18-30(4,5)6/h10-13,19,21,23-26,36H,9,14-18H2,1-8H3,(H,33,37)(H,34,38)/t21-,23+,24-,25+,26?,32?/m1/s1. The number of carbonyl (C=O) groups is 3. The number of aliphatic hydroxyl groups is 1. The molecule has 3 fully saturated rings. The van der Waals surface area contributed by atoms with Crippen LogP contribution in [0.1, 0.15) is 81.1 Å². The van der Waals surface area contributed by atoms with Gasteiger partial charge in [0.1, 0.15) is 17.4 Å². The third-order valence-electron chi connectivity index (χ3n) is 8.50. The van der Waals surface area contributed by atoms with Gasteiger partial charge in [0.15, 0.2) is 0 Å². The van der Waals surface area contributed by atoms with Gasteiger partial charge >= 0.3 is 0 Å². The number of rotatable bonds is 11. The molecule has 2 unspecified atom stereocenters. The number of aliphatic hydroxyl groups excluding tert-OH is 1. The van der Waals surface area contributed by atoms with E-state index in [1.807, 2.05) is 34.6 Å². The molecule has 9 nitrogen and oxygen atoms in total. The summed E-state index contributed by atoms with van der Waals surface area (Å²) in [5, 5.41) is 16.6. The monoisotopic (exact) mass is 571 g/mol. The molecule has 3 heterocycles. The highest BCUT2D eigenvalue weighted by Crippen LogP contribution is 2.59. The molecule has 9 heteroatoms. The minimum absolute atomic E-state index is 0.0274. The predicted octanol–water partition coefficient (Wildman–Crippen LogP) is 4.14. The summed E-state index contributed by atoms with van der Waals surface area (Å²) in [6.07, 6.45) is 1.91. The molecule has 1 spiro atoms. The Morgan fingerprint density at radius 1 is 1.15 bits per heavy atom. The average molecular weight is 572 g/mol. The summed E-state index contributed by atoms with van der Waals surface area (Å²) in [7, 11) is 0. The molecule has 3 saturated heterocycles. The highest BCUT2D eigenvalue weighted by atomic mass is 16.5. The highest BCUT2D eigenvalue weighted by molar-refractivity contribution is 6.02. The van der Waals surface area contributed by atoms with E-state index < -0.39 is 41.2 Å². The molecule has 0 radical (unpaired) electrons. The lowest BCUT2D eigenvalue weighted by Crippen LogP contribution is -2.61. The maximum atomic E-state index is 14.3. The molecule has 0 saturated carbocycles. The molecular formula is C32H49N3O6. The Morgan fingerprint density at radius 2 is 1.80 bits per heavy atom. The molecule has 1 aromatic carbocycles. The van der Waals surface area contributed by atoms with E-state index in [9.17, 15) is 19.5 Å². The Balaban J connectivity index is 1.67. The van der Waals surface area contributed by atoms with E-state index in [2.05, 4.69) is 31.4 Å². The zero-order valence-electron chi connectivity index (χ0n) is 26.0. The third kappa shape index (κ3) is 6.26. The summed E-state index contributed by atoms with van der Waals surface area (Å²) in [5.74, 6) is -1.50. The van der Waals surface area contributed by atoms with Crippen LogP contribution in [0.4, 0.5) is 5.69 Å². The minimum atomic E-state index is -1.12. The molecular weight excluding hydrogens is 522 g/mol. The van der Waals surface area contributed by atoms with E-state index >= 15 is 0 Å². The van der Waals surface area contributed by atoms with Crippen LogP contribution in [0, 0.1) is 23.2 Å². The first-order valence-corrected chi connectivity index (χ1v) is 15.1. The molecule has 3 N–H and O–H groups in total. The van der Waals surface area contributed by atoms with Crippen LogP contribution in [-0.2, 0) is 19.1 Å². The summed E-state index contributed by atoms with van der Waals surface area (Å²) < 4.78 is 12.1. The Morgan fingerprint density at radius 3 is 2.37 bits per heavy atom. The van der Waals surface area contributed by atoms with E-state index in [0.29, 0.717) is 37.3 Å². The second-order valence-electron chi connectivity index (χ2n) is 14.3. The number of nitrogens with one attached hydrogen (secondary N) is 2. The molecule has 0 aromatic heterocycles. The zero-order valence-corrected chi connectivity index (χ0v) is 26.0. The van der Waals surface area contributed by atoms with Crippen LogP contribution in [0.15, 0.2) is 24.3 Å².